The second-order valence-electron chi connectivity index (χ2n) is 4.77. The van der Waals surface area contributed by atoms with Crippen molar-refractivity contribution in [2.75, 3.05) is 0 Å². The summed E-state index contributed by atoms with van der Waals surface area (Å²) in [6.45, 7) is 4.80. The second kappa shape index (κ2) is 2.50. The summed E-state index contributed by atoms with van der Waals surface area (Å²) in [5.41, 5.74) is 0.855. The zero-order valence-electron chi connectivity index (χ0n) is 7.90. The van der Waals surface area contributed by atoms with Crippen molar-refractivity contribution < 1.29 is 0 Å². The van der Waals surface area contributed by atoms with Gasteiger partial charge in [-0.3, -0.25) is 0 Å². The van der Waals surface area contributed by atoms with Gasteiger partial charge >= 0.3 is 0 Å². The first-order chi connectivity index (χ1) is 5.28. The third-order valence-corrected chi connectivity index (χ3v) is 4.27. The summed E-state index contributed by atoms with van der Waals surface area (Å²) in [4.78, 5) is 0. The first-order valence-electron chi connectivity index (χ1n) is 5.28. The standard InChI is InChI=1S/C11H20/c1-3-6-11-7-4-9(2)10(11)5-8-11/h9-10H,3-8H2,1-2H3. The van der Waals surface area contributed by atoms with Crippen molar-refractivity contribution in [1.29, 1.82) is 0 Å². The van der Waals surface area contributed by atoms with Crippen LogP contribution in [0.15, 0.2) is 0 Å². The van der Waals surface area contributed by atoms with Crippen LogP contribution < -0.4 is 0 Å². The average molecular weight is 152 g/mol. The maximum atomic E-state index is 2.46. The maximum Gasteiger partial charge on any atom is -0.0267 e. The van der Waals surface area contributed by atoms with Crippen molar-refractivity contribution in [2.24, 2.45) is 17.3 Å². The molecule has 0 aromatic rings. The Morgan fingerprint density at radius 2 is 2.00 bits per heavy atom. The van der Waals surface area contributed by atoms with Gasteiger partial charge in [-0.2, -0.15) is 0 Å². The summed E-state index contributed by atoms with van der Waals surface area (Å²) in [5, 5.41) is 0. The molecule has 2 rings (SSSR count). The summed E-state index contributed by atoms with van der Waals surface area (Å²) >= 11 is 0. The molecule has 0 radical (unpaired) electrons. The lowest BCUT2D eigenvalue weighted by Crippen LogP contribution is -2.37. The molecule has 3 atom stereocenters. The van der Waals surface area contributed by atoms with Gasteiger partial charge in [0.05, 0.1) is 0 Å². The van der Waals surface area contributed by atoms with Crippen molar-refractivity contribution in [1.82, 2.24) is 0 Å². The minimum atomic E-state index is 0.855. The quantitative estimate of drug-likeness (QED) is 0.567. The molecule has 64 valence electrons. The molecule has 0 heterocycles. The summed E-state index contributed by atoms with van der Waals surface area (Å²) in [6.07, 6.45) is 9.08. The molecule has 0 nitrogen and oxygen atoms in total. The minimum Gasteiger partial charge on any atom is -0.0654 e. The molecule has 2 aliphatic carbocycles. The van der Waals surface area contributed by atoms with Crippen molar-refractivity contribution in [2.45, 2.75) is 52.4 Å². The van der Waals surface area contributed by atoms with E-state index in [2.05, 4.69) is 13.8 Å². The van der Waals surface area contributed by atoms with Crippen LogP contribution in [0, 0.1) is 17.3 Å². The molecule has 0 N–H and O–H groups in total. The van der Waals surface area contributed by atoms with Crippen LogP contribution in [0.3, 0.4) is 0 Å². The highest BCUT2D eigenvalue weighted by Crippen LogP contribution is 2.62. The van der Waals surface area contributed by atoms with Crippen LogP contribution in [0.4, 0.5) is 0 Å². The fourth-order valence-corrected chi connectivity index (χ4v) is 3.57. The third-order valence-electron chi connectivity index (χ3n) is 4.27. The van der Waals surface area contributed by atoms with Crippen LogP contribution in [-0.2, 0) is 0 Å². The fourth-order valence-electron chi connectivity index (χ4n) is 3.57. The SMILES string of the molecule is CCCC12CCC(C)C1CC2. The van der Waals surface area contributed by atoms with Gasteiger partial charge in [0.2, 0.25) is 0 Å². The van der Waals surface area contributed by atoms with E-state index in [9.17, 15) is 0 Å². The first-order valence-corrected chi connectivity index (χ1v) is 5.28. The van der Waals surface area contributed by atoms with Crippen molar-refractivity contribution in [3.05, 3.63) is 0 Å². The van der Waals surface area contributed by atoms with Gasteiger partial charge in [-0.05, 0) is 49.4 Å². The lowest BCUT2D eigenvalue weighted by Gasteiger charge is -2.47. The van der Waals surface area contributed by atoms with E-state index in [0.29, 0.717) is 0 Å². The van der Waals surface area contributed by atoms with E-state index in [0.717, 1.165) is 17.3 Å². The Bertz CT molecular complexity index is 146. The van der Waals surface area contributed by atoms with Gasteiger partial charge in [-0.15, -0.1) is 0 Å². The summed E-state index contributed by atoms with van der Waals surface area (Å²) in [7, 11) is 0. The summed E-state index contributed by atoms with van der Waals surface area (Å²) in [5.74, 6) is 2.18. The predicted molar refractivity (Wildman–Crippen MR) is 48.5 cm³/mol. The summed E-state index contributed by atoms with van der Waals surface area (Å²) in [6, 6.07) is 0. The van der Waals surface area contributed by atoms with Gasteiger partial charge < -0.3 is 0 Å². The van der Waals surface area contributed by atoms with E-state index < -0.39 is 0 Å². The normalized spacial score (nSPS) is 48.5. The van der Waals surface area contributed by atoms with Crippen LogP contribution >= 0.6 is 0 Å². The van der Waals surface area contributed by atoms with Crippen LogP contribution in [0.1, 0.15) is 52.4 Å². The molecule has 0 saturated heterocycles. The van der Waals surface area contributed by atoms with Crippen LogP contribution in [0.2, 0.25) is 0 Å². The Kier molecular flexibility index (Phi) is 1.74. The van der Waals surface area contributed by atoms with Crippen molar-refractivity contribution in [3.63, 3.8) is 0 Å². The molecule has 0 bridgehead atoms. The molecule has 3 unspecified atom stereocenters. The highest BCUT2D eigenvalue weighted by atomic mass is 14.6. The Morgan fingerprint density at radius 3 is 2.45 bits per heavy atom. The van der Waals surface area contributed by atoms with E-state index >= 15 is 0 Å². The Morgan fingerprint density at radius 1 is 1.27 bits per heavy atom. The predicted octanol–water partition coefficient (Wildman–Crippen LogP) is 3.61. The number of rotatable bonds is 2. The molecule has 2 aliphatic rings. The third kappa shape index (κ3) is 0.947. The topological polar surface area (TPSA) is 0 Å². The molecule has 2 saturated carbocycles. The molecule has 0 spiro atoms. The molecule has 0 heteroatoms. The molecular weight excluding hydrogens is 132 g/mol. The Hall–Kier alpha value is 0. The lowest BCUT2D eigenvalue weighted by atomic mass is 9.58. The first kappa shape index (κ1) is 7.64. The smallest absolute Gasteiger partial charge is 0.0267 e. The molecule has 11 heavy (non-hydrogen) atoms. The van der Waals surface area contributed by atoms with Crippen molar-refractivity contribution >= 4 is 0 Å². The van der Waals surface area contributed by atoms with Crippen LogP contribution in [-0.4, -0.2) is 0 Å². The van der Waals surface area contributed by atoms with Crippen molar-refractivity contribution in [3.8, 4) is 0 Å². The fraction of sp³-hybridized carbons (Fsp3) is 1.00. The van der Waals surface area contributed by atoms with E-state index in [4.69, 9.17) is 0 Å². The van der Waals surface area contributed by atoms with E-state index in [1.807, 2.05) is 0 Å². The molecular formula is C11H20. The van der Waals surface area contributed by atoms with E-state index in [1.54, 1.807) is 19.3 Å². The van der Waals surface area contributed by atoms with Gasteiger partial charge in [-0.25, -0.2) is 0 Å². The molecule has 0 aromatic carbocycles. The van der Waals surface area contributed by atoms with Crippen LogP contribution in [0.25, 0.3) is 0 Å². The second-order valence-corrected chi connectivity index (χ2v) is 4.77. The lowest BCUT2D eigenvalue weighted by molar-refractivity contribution is 0.0332. The minimum absolute atomic E-state index is 0.855. The summed E-state index contributed by atoms with van der Waals surface area (Å²) < 4.78 is 0. The van der Waals surface area contributed by atoms with Crippen LogP contribution in [0.5, 0.6) is 0 Å². The molecule has 0 amide bonds. The Labute approximate surface area is 70.4 Å². The number of fused-ring (bicyclic) bond motifs is 1. The van der Waals surface area contributed by atoms with Gasteiger partial charge in [0.25, 0.3) is 0 Å². The zero-order chi connectivity index (χ0) is 7.90. The average Bonchev–Trinajstić information content (AvgIpc) is 2.12. The number of hydrogen-bond acceptors (Lipinski definition) is 0. The maximum absolute atomic E-state index is 2.46. The van der Waals surface area contributed by atoms with Gasteiger partial charge in [0.15, 0.2) is 0 Å². The monoisotopic (exact) mass is 152 g/mol. The molecule has 2 fully saturated rings. The van der Waals surface area contributed by atoms with E-state index in [1.165, 1.54) is 19.3 Å². The van der Waals surface area contributed by atoms with Gasteiger partial charge in [-0.1, -0.05) is 20.3 Å². The Balaban J connectivity index is 2.04. The molecule has 0 aromatic heterocycles. The van der Waals surface area contributed by atoms with E-state index in [-0.39, 0.29) is 0 Å². The highest BCUT2D eigenvalue weighted by molar-refractivity contribution is 5.02. The van der Waals surface area contributed by atoms with Gasteiger partial charge in [0, 0.05) is 0 Å². The molecule has 0 aliphatic heterocycles. The zero-order valence-corrected chi connectivity index (χ0v) is 7.90. The largest absolute Gasteiger partial charge is 0.0654 e. The number of hydrogen-bond donors (Lipinski definition) is 0. The highest BCUT2D eigenvalue weighted by Gasteiger charge is 2.51. The van der Waals surface area contributed by atoms with Gasteiger partial charge in [0.1, 0.15) is 0 Å².